The van der Waals surface area contributed by atoms with E-state index in [1.807, 2.05) is 0 Å². The number of hydrogen-bond acceptors (Lipinski definition) is 5. The molecule has 1 aromatic rings. The smallest absolute Gasteiger partial charge is 0.237 e. The molecule has 2 aliphatic heterocycles. The van der Waals surface area contributed by atoms with Gasteiger partial charge in [0.15, 0.2) is 0 Å². The van der Waals surface area contributed by atoms with Gasteiger partial charge in [-0.05, 0) is 24.1 Å². The molecule has 0 saturated carbocycles. The van der Waals surface area contributed by atoms with Crippen LogP contribution in [0, 0.1) is 5.82 Å². The van der Waals surface area contributed by atoms with Crippen LogP contribution in [0.15, 0.2) is 24.3 Å². The van der Waals surface area contributed by atoms with E-state index in [0.29, 0.717) is 32.7 Å². The minimum atomic E-state index is -0.465. The highest BCUT2D eigenvalue weighted by Gasteiger charge is 2.29. The number of ether oxygens (including phenoxy) is 1. The third-order valence-electron chi connectivity index (χ3n) is 4.64. The number of aliphatic hydroxyl groups is 1. The topological polar surface area (TPSA) is 73.8 Å². The van der Waals surface area contributed by atoms with Crippen molar-refractivity contribution < 1.29 is 19.0 Å². The van der Waals surface area contributed by atoms with Crippen LogP contribution in [0.5, 0.6) is 0 Å². The maximum absolute atomic E-state index is 13.2. The summed E-state index contributed by atoms with van der Waals surface area (Å²) in [6.45, 7) is 3.75. The number of nitrogens with zero attached hydrogens (tertiary/aromatic N) is 1. The first-order chi connectivity index (χ1) is 11.6. The van der Waals surface area contributed by atoms with Crippen molar-refractivity contribution >= 4 is 30.7 Å². The Bertz CT molecular complexity index is 559. The van der Waals surface area contributed by atoms with Crippen molar-refractivity contribution in [1.82, 2.24) is 15.5 Å². The van der Waals surface area contributed by atoms with Crippen LogP contribution in [-0.2, 0) is 9.53 Å². The van der Waals surface area contributed by atoms with Crippen molar-refractivity contribution in [3.05, 3.63) is 35.6 Å². The molecule has 0 spiro atoms. The van der Waals surface area contributed by atoms with Gasteiger partial charge in [0.05, 0.1) is 31.4 Å². The molecule has 26 heavy (non-hydrogen) atoms. The number of nitrogens with one attached hydrogen (secondary N) is 2. The third kappa shape index (κ3) is 6.04. The van der Waals surface area contributed by atoms with Crippen LogP contribution in [0.2, 0.25) is 0 Å². The molecule has 2 saturated heterocycles. The highest BCUT2D eigenvalue weighted by molar-refractivity contribution is 5.85. The molecule has 0 bridgehead atoms. The van der Waals surface area contributed by atoms with Gasteiger partial charge in [-0.1, -0.05) is 12.1 Å². The second kappa shape index (κ2) is 11.0. The second-order valence-corrected chi connectivity index (χ2v) is 6.31. The summed E-state index contributed by atoms with van der Waals surface area (Å²) < 4.78 is 18.6. The molecule has 9 heteroatoms. The molecule has 0 aliphatic carbocycles. The number of hydrogen-bond donors (Lipinski definition) is 3. The second-order valence-electron chi connectivity index (χ2n) is 6.31. The van der Waals surface area contributed by atoms with E-state index in [9.17, 15) is 14.3 Å². The Balaban J connectivity index is 0.00000169. The summed E-state index contributed by atoms with van der Waals surface area (Å²) in [7, 11) is 0. The van der Waals surface area contributed by atoms with E-state index in [4.69, 9.17) is 4.74 Å². The van der Waals surface area contributed by atoms with Crippen LogP contribution >= 0.6 is 24.8 Å². The zero-order chi connectivity index (χ0) is 16.9. The number of carbonyl (C=O) groups excluding carboxylic acids is 1. The van der Waals surface area contributed by atoms with Gasteiger partial charge in [0.1, 0.15) is 5.82 Å². The summed E-state index contributed by atoms with van der Waals surface area (Å²) in [4.78, 5) is 14.5. The number of rotatable bonds is 5. The number of carbonyl (C=O) groups is 1. The first-order valence-corrected chi connectivity index (χ1v) is 8.40. The summed E-state index contributed by atoms with van der Waals surface area (Å²) in [6, 6.07) is 6.04. The first-order valence-electron chi connectivity index (χ1n) is 8.40. The molecule has 6 nitrogen and oxygen atoms in total. The number of morpholine rings is 1. The maximum Gasteiger partial charge on any atom is 0.237 e. The van der Waals surface area contributed by atoms with Crippen molar-refractivity contribution in [2.24, 2.45) is 0 Å². The number of amides is 1. The Labute approximate surface area is 165 Å². The Morgan fingerprint density at radius 2 is 1.96 bits per heavy atom. The van der Waals surface area contributed by atoms with Gasteiger partial charge in [0.25, 0.3) is 0 Å². The maximum atomic E-state index is 13.2. The van der Waals surface area contributed by atoms with Crippen molar-refractivity contribution in [2.75, 3.05) is 39.4 Å². The van der Waals surface area contributed by atoms with Crippen LogP contribution in [-0.4, -0.2) is 67.5 Å². The van der Waals surface area contributed by atoms with Crippen molar-refractivity contribution in [3.63, 3.8) is 0 Å². The average Bonchev–Trinajstić information content (AvgIpc) is 3.04. The lowest BCUT2D eigenvalue weighted by Gasteiger charge is -2.35. The fourth-order valence-electron chi connectivity index (χ4n) is 3.27. The Hall–Kier alpha value is -0.960. The zero-order valence-electron chi connectivity index (χ0n) is 14.4. The van der Waals surface area contributed by atoms with Gasteiger partial charge in [-0.15, -0.1) is 24.8 Å². The Morgan fingerprint density at radius 3 is 2.54 bits per heavy atom. The van der Waals surface area contributed by atoms with Crippen LogP contribution in [0.4, 0.5) is 4.39 Å². The predicted octanol–water partition coefficient (Wildman–Crippen LogP) is 0.882. The van der Waals surface area contributed by atoms with Crippen LogP contribution in [0.1, 0.15) is 18.0 Å². The van der Waals surface area contributed by atoms with E-state index < -0.39 is 6.10 Å². The van der Waals surface area contributed by atoms with Crippen LogP contribution in [0.3, 0.4) is 0 Å². The fourth-order valence-corrected chi connectivity index (χ4v) is 3.27. The monoisotopic (exact) mass is 409 g/mol. The molecule has 3 rings (SSSR count). The first kappa shape index (κ1) is 23.1. The molecular weight excluding hydrogens is 384 g/mol. The van der Waals surface area contributed by atoms with Crippen molar-refractivity contribution in [2.45, 2.75) is 24.6 Å². The SMILES string of the molecule is Cl.Cl.O=C(NCC(c1ccc(F)cc1)N1CCOCC1)C1CC(O)CN1. The van der Waals surface area contributed by atoms with Gasteiger partial charge in [0, 0.05) is 26.2 Å². The minimum absolute atomic E-state index is 0. The molecule has 3 unspecified atom stereocenters. The Morgan fingerprint density at radius 1 is 1.31 bits per heavy atom. The quantitative estimate of drug-likeness (QED) is 0.673. The molecule has 2 heterocycles. The van der Waals surface area contributed by atoms with Crippen molar-refractivity contribution in [3.8, 4) is 0 Å². The summed E-state index contributed by atoms with van der Waals surface area (Å²) in [5.74, 6) is -0.375. The number of β-amino-alcohol motifs (C(OH)–C–C–N with tert-alkyl or cyclic N) is 1. The van der Waals surface area contributed by atoms with Gasteiger partial charge in [-0.2, -0.15) is 0 Å². The Kier molecular flexibility index (Phi) is 9.78. The molecule has 2 fully saturated rings. The van der Waals surface area contributed by atoms with E-state index in [1.165, 1.54) is 12.1 Å². The predicted molar refractivity (Wildman–Crippen MR) is 101 cm³/mol. The highest BCUT2D eigenvalue weighted by atomic mass is 35.5. The summed E-state index contributed by atoms with van der Waals surface area (Å²) in [5, 5.41) is 15.5. The van der Waals surface area contributed by atoms with E-state index >= 15 is 0 Å². The van der Waals surface area contributed by atoms with Gasteiger partial charge in [-0.25, -0.2) is 4.39 Å². The highest BCUT2D eigenvalue weighted by Crippen LogP contribution is 2.22. The summed E-state index contributed by atoms with van der Waals surface area (Å²) in [5.41, 5.74) is 0.970. The zero-order valence-corrected chi connectivity index (χ0v) is 16.0. The molecule has 148 valence electrons. The van der Waals surface area contributed by atoms with E-state index in [2.05, 4.69) is 15.5 Å². The van der Waals surface area contributed by atoms with Crippen molar-refractivity contribution in [1.29, 1.82) is 0 Å². The largest absolute Gasteiger partial charge is 0.392 e. The normalized spacial score (nSPS) is 24.2. The number of aliphatic hydroxyl groups excluding tert-OH is 1. The van der Waals surface area contributed by atoms with E-state index in [0.717, 1.165) is 18.7 Å². The van der Waals surface area contributed by atoms with Gasteiger partial charge < -0.3 is 20.5 Å². The lowest BCUT2D eigenvalue weighted by molar-refractivity contribution is -0.123. The molecule has 1 aromatic carbocycles. The molecule has 2 aliphatic rings. The molecule has 3 N–H and O–H groups in total. The molecule has 0 aromatic heterocycles. The lowest BCUT2D eigenvalue weighted by atomic mass is 10.0. The summed E-state index contributed by atoms with van der Waals surface area (Å²) in [6.07, 6.45) is -0.0298. The molecular formula is C17H26Cl2FN3O3. The number of halogens is 3. The third-order valence-corrected chi connectivity index (χ3v) is 4.64. The fraction of sp³-hybridized carbons (Fsp3) is 0.588. The molecule has 0 radical (unpaired) electrons. The van der Waals surface area contributed by atoms with Gasteiger partial charge in [-0.3, -0.25) is 9.69 Å². The lowest BCUT2D eigenvalue weighted by Crippen LogP contribution is -2.47. The number of benzene rings is 1. The van der Waals surface area contributed by atoms with Gasteiger partial charge >= 0.3 is 0 Å². The van der Waals surface area contributed by atoms with E-state index in [1.54, 1.807) is 12.1 Å². The minimum Gasteiger partial charge on any atom is -0.392 e. The summed E-state index contributed by atoms with van der Waals surface area (Å²) >= 11 is 0. The van der Waals surface area contributed by atoms with E-state index in [-0.39, 0.29) is 48.6 Å². The standard InChI is InChI=1S/C17H24FN3O3.2ClH/c18-13-3-1-12(2-4-13)16(21-5-7-24-8-6-21)11-20-17(23)15-9-14(22)10-19-15;;/h1-4,14-16,19,22H,5-11H2,(H,20,23);2*1H. The van der Waals surface area contributed by atoms with Crippen LogP contribution in [0.25, 0.3) is 0 Å². The molecule has 1 amide bonds. The van der Waals surface area contributed by atoms with Crippen LogP contribution < -0.4 is 10.6 Å². The van der Waals surface area contributed by atoms with Gasteiger partial charge in [0.2, 0.25) is 5.91 Å². The average molecular weight is 410 g/mol. The molecule has 3 atom stereocenters.